The first kappa shape index (κ1) is 20.1. The standard InChI is InChI=1S/C19H17Cl2FO4/c1-3-25-17-10-12(9-15(21)19(17)24-2)7-8-18(23)26-11-13-14(20)5-4-6-16(13)22/h4-10H,3,11H2,1-2H3/b8-7+. The summed E-state index contributed by atoms with van der Waals surface area (Å²) in [6, 6.07) is 7.57. The second-order valence-corrected chi connectivity index (χ2v) is 5.92. The lowest BCUT2D eigenvalue weighted by Crippen LogP contribution is -2.03. The van der Waals surface area contributed by atoms with Gasteiger partial charge in [0.15, 0.2) is 11.5 Å². The summed E-state index contributed by atoms with van der Waals surface area (Å²) in [6.45, 7) is 2.01. The maximum Gasteiger partial charge on any atom is 0.331 e. The molecule has 0 aliphatic heterocycles. The van der Waals surface area contributed by atoms with Crippen LogP contribution in [0.2, 0.25) is 10.0 Å². The van der Waals surface area contributed by atoms with Crippen molar-refractivity contribution in [3.8, 4) is 11.5 Å². The van der Waals surface area contributed by atoms with E-state index in [1.165, 1.54) is 37.5 Å². The summed E-state index contributed by atoms with van der Waals surface area (Å²) >= 11 is 12.0. The molecule has 0 fully saturated rings. The van der Waals surface area contributed by atoms with Crippen LogP contribution in [0.5, 0.6) is 11.5 Å². The Morgan fingerprint density at radius 1 is 1.23 bits per heavy atom. The predicted molar refractivity (Wildman–Crippen MR) is 99.4 cm³/mol. The van der Waals surface area contributed by atoms with Gasteiger partial charge in [-0.25, -0.2) is 9.18 Å². The number of rotatable bonds is 7. The van der Waals surface area contributed by atoms with Crippen molar-refractivity contribution in [3.05, 3.63) is 63.4 Å². The van der Waals surface area contributed by atoms with E-state index < -0.39 is 11.8 Å². The molecule has 2 rings (SSSR count). The summed E-state index contributed by atoms with van der Waals surface area (Å²) < 4.78 is 29.3. The molecule has 0 heterocycles. The van der Waals surface area contributed by atoms with Crippen LogP contribution in [0, 0.1) is 5.82 Å². The first-order chi connectivity index (χ1) is 12.5. The highest BCUT2D eigenvalue weighted by atomic mass is 35.5. The molecule has 26 heavy (non-hydrogen) atoms. The summed E-state index contributed by atoms with van der Waals surface area (Å²) in [4.78, 5) is 11.9. The highest BCUT2D eigenvalue weighted by Gasteiger charge is 2.11. The maximum absolute atomic E-state index is 13.7. The van der Waals surface area contributed by atoms with Gasteiger partial charge in [0.25, 0.3) is 0 Å². The zero-order valence-electron chi connectivity index (χ0n) is 14.2. The Morgan fingerprint density at radius 2 is 2.00 bits per heavy atom. The van der Waals surface area contributed by atoms with E-state index in [9.17, 15) is 9.18 Å². The molecule has 0 atom stereocenters. The SMILES string of the molecule is CCOc1cc(/C=C/C(=O)OCc2c(F)cccc2Cl)cc(Cl)c1OC. The minimum atomic E-state index is -0.644. The molecule has 0 saturated heterocycles. The van der Waals surface area contributed by atoms with E-state index in [2.05, 4.69) is 0 Å². The molecule has 0 unspecified atom stereocenters. The van der Waals surface area contributed by atoms with Crippen LogP contribution in [0.3, 0.4) is 0 Å². The smallest absolute Gasteiger partial charge is 0.331 e. The lowest BCUT2D eigenvalue weighted by molar-refractivity contribution is -0.138. The first-order valence-corrected chi connectivity index (χ1v) is 8.50. The third-order valence-corrected chi connectivity index (χ3v) is 4.00. The molecule has 0 aliphatic rings. The van der Waals surface area contributed by atoms with E-state index in [0.717, 1.165) is 0 Å². The third kappa shape index (κ3) is 5.13. The van der Waals surface area contributed by atoms with Crippen LogP contribution in [0.4, 0.5) is 4.39 Å². The molecule has 0 saturated carbocycles. The van der Waals surface area contributed by atoms with Crippen LogP contribution in [-0.2, 0) is 16.1 Å². The van der Waals surface area contributed by atoms with E-state index in [1.54, 1.807) is 12.1 Å². The van der Waals surface area contributed by atoms with Crippen molar-refractivity contribution < 1.29 is 23.4 Å². The topological polar surface area (TPSA) is 44.8 Å². The molecule has 0 aliphatic carbocycles. The average molecular weight is 399 g/mol. The molecule has 0 N–H and O–H groups in total. The van der Waals surface area contributed by atoms with Gasteiger partial charge in [0.1, 0.15) is 12.4 Å². The van der Waals surface area contributed by atoms with Crippen LogP contribution in [0.15, 0.2) is 36.4 Å². The second kappa shape index (κ2) is 9.46. The average Bonchev–Trinajstić information content (AvgIpc) is 2.59. The number of esters is 1. The summed E-state index contributed by atoms with van der Waals surface area (Å²) in [6.07, 6.45) is 2.72. The van der Waals surface area contributed by atoms with E-state index >= 15 is 0 Å². The Hall–Kier alpha value is -2.24. The largest absolute Gasteiger partial charge is 0.491 e. The van der Waals surface area contributed by atoms with Crippen LogP contribution >= 0.6 is 23.2 Å². The number of benzene rings is 2. The Morgan fingerprint density at radius 3 is 2.65 bits per heavy atom. The Labute approximate surface area is 161 Å². The molecule has 2 aromatic carbocycles. The molecular weight excluding hydrogens is 382 g/mol. The van der Waals surface area contributed by atoms with Gasteiger partial charge in [0.2, 0.25) is 0 Å². The molecule has 0 aromatic heterocycles. The number of hydrogen-bond acceptors (Lipinski definition) is 4. The quantitative estimate of drug-likeness (QED) is 0.469. The van der Waals surface area contributed by atoms with E-state index in [-0.39, 0.29) is 17.2 Å². The molecule has 2 aromatic rings. The van der Waals surface area contributed by atoms with Crippen molar-refractivity contribution in [3.63, 3.8) is 0 Å². The van der Waals surface area contributed by atoms with E-state index in [4.69, 9.17) is 37.4 Å². The van der Waals surface area contributed by atoms with Crippen molar-refractivity contribution in [2.45, 2.75) is 13.5 Å². The number of ether oxygens (including phenoxy) is 3. The Bertz CT molecular complexity index is 801. The molecule has 0 radical (unpaired) electrons. The normalized spacial score (nSPS) is 10.8. The number of carbonyl (C=O) groups excluding carboxylic acids is 1. The van der Waals surface area contributed by atoms with Crippen molar-refractivity contribution in [2.75, 3.05) is 13.7 Å². The zero-order valence-corrected chi connectivity index (χ0v) is 15.7. The van der Waals surface area contributed by atoms with Gasteiger partial charge >= 0.3 is 5.97 Å². The van der Waals surface area contributed by atoms with Crippen LogP contribution in [0.1, 0.15) is 18.1 Å². The van der Waals surface area contributed by atoms with E-state index in [1.807, 2.05) is 6.92 Å². The van der Waals surface area contributed by atoms with Gasteiger partial charge < -0.3 is 14.2 Å². The highest BCUT2D eigenvalue weighted by Crippen LogP contribution is 2.36. The van der Waals surface area contributed by atoms with E-state index in [0.29, 0.717) is 28.7 Å². The summed E-state index contributed by atoms with van der Waals surface area (Å²) in [5, 5.41) is 0.551. The van der Waals surface area contributed by atoms with Crippen LogP contribution in [-0.4, -0.2) is 19.7 Å². The molecule has 7 heteroatoms. The summed E-state index contributed by atoms with van der Waals surface area (Å²) in [5.74, 6) is -0.289. The Kier molecular flexibility index (Phi) is 7.30. The van der Waals surface area contributed by atoms with Gasteiger partial charge in [-0.3, -0.25) is 0 Å². The Balaban J connectivity index is 2.08. The molecular formula is C19H17Cl2FO4. The molecule has 0 amide bonds. The van der Waals surface area contributed by atoms with Crippen molar-refractivity contribution >= 4 is 35.2 Å². The third-order valence-electron chi connectivity index (χ3n) is 3.37. The van der Waals surface area contributed by atoms with Gasteiger partial charge in [-0.2, -0.15) is 0 Å². The minimum Gasteiger partial charge on any atom is -0.491 e. The monoisotopic (exact) mass is 398 g/mol. The number of hydrogen-bond donors (Lipinski definition) is 0. The van der Waals surface area contributed by atoms with Gasteiger partial charge in [0, 0.05) is 11.6 Å². The maximum atomic E-state index is 13.7. The molecule has 4 nitrogen and oxygen atoms in total. The van der Waals surface area contributed by atoms with Gasteiger partial charge in [-0.1, -0.05) is 29.3 Å². The van der Waals surface area contributed by atoms with Gasteiger partial charge in [0.05, 0.1) is 23.8 Å². The van der Waals surface area contributed by atoms with Gasteiger partial charge in [-0.05, 0) is 42.8 Å². The zero-order chi connectivity index (χ0) is 19.1. The number of methoxy groups -OCH3 is 1. The number of carbonyl (C=O) groups is 1. The molecule has 0 spiro atoms. The van der Waals surface area contributed by atoms with Crippen molar-refractivity contribution in [1.82, 2.24) is 0 Å². The highest BCUT2D eigenvalue weighted by molar-refractivity contribution is 6.32. The molecule has 138 valence electrons. The summed E-state index contributed by atoms with van der Waals surface area (Å²) in [5.41, 5.74) is 0.752. The van der Waals surface area contributed by atoms with Crippen molar-refractivity contribution in [2.24, 2.45) is 0 Å². The number of halogens is 3. The van der Waals surface area contributed by atoms with Gasteiger partial charge in [-0.15, -0.1) is 0 Å². The molecule has 0 bridgehead atoms. The minimum absolute atomic E-state index is 0.127. The lowest BCUT2D eigenvalue weighted by Gasteiger charge is -2.11. The fraction of sp³-hybridized carbons (Fsp3) is 0.211. The van der Waals surface area contributed by atoms with Crippen LogP contribution < -0.4 is 9.47 Å². The first-order valence-electron chi connectivity index (χ1n) is 7.74. The fourth-order valence-corrected chi connectivity index (χ4v) is 2.68. The summed E-state index contributed by atoms with van der Waals surface area (Å²) in [7, 11) is 1.49. The predicted octanol–water partition coefficient (Wildman–Crippen LogP) is 5.30. The van der Waals surface area contributed by atoms with Crippen LogP contribution in [0.25, 0.3) is 6.08 Å². The fourth-order valence-electron chi connectivity index (χ4n) is 2.17. The van der Waals surface area contributed by atoms with Crippen molar-refractivity contribution in [1.29, 1.82) is 0 Å². The second-order valence-electron chi connectivity index (χ2n) is 5.11. The lowest BCUT2D eigenvalue weighted by atomic mass is 10.2.